The van der Waals surface area contributed by atoms with E-state index in [4.69, 9.17) is 0 Å². The van der Waals surface area contributed by atoms with Crippen molar-refractivity contribution in [3.8, 4) is 11.4 Å². The lowest BCUT2D eigenvalue weighted by Crippen LogP contribution is -2.28. The number of para-hydroxylation sites is 2. The molecule has 7 heteroatoms. The fraction of sp³-hybridized carbons (Fsp3) is 0.143. The molecule has 2 heterocycles. The summed E-state index contributed by atoms with van der Waals surface area (Å²) in [6.07, 6.45) is 4.82. The first kappa shape index (κ1) is 17.7. The fourth-order valence-electron chi connectivity index (χ4n) is 3.23. The summed E-state index contributed by atoms with van der Waals surface area (Å²) in [5, 5.41) is 11.7. The van der Waals surface area contributed by atoms with Crippen molar-refractivity contribution in [2.24, 2.45) is 0 Å². The van der Waals surface area contributed by atoms with Crippen LogP contribution in [0.25, 0.3) is 11.4 Å². The number of nitrogens with one attached hydrogen (secondary N) is 1. The third-order valence-electron chi connectivity index (χ3n) is 4.68. The summed E-state index contributed by atoms with van der Waals surface area (Å²) >= 11 is 0. The highest BCUT2D eigenvalue weighted by Gasteiger charge is 2.19. The molecule has 0 spiro atoms. The van der Waals surface area contributed by atoms with Gasteiger partial charge >= 0.3 is 0 Å². The van der Waals surface area contributed by atoms with Crippen LogP contribution in [0.15, 0.2) is 73.4 Å². The van der Waals surface area contributed by atoms with Crippen LogP contribution in [0.2, 0.25) is 0 Å². The molecule has 0 aliphatic heterocycles. The van der Waals surface area contributed by atoms with Crippen LogP contribution >= 0.6 is 0 Å². The van der Waals surface area contributed by atoms with E-state index in [-0.39, 0.29) is 11.9 Å². The van der Waals surface area contributed by atoms with Crippen LogP contribution in [0.3, 0.4) is 0 Å². The van der Waals surface area contributed by atoms with Gasteiger partial charge in [-0.05, 0) is 38.1 Å². The topological polar surface area (TPSA) is 77.6 Å². The molecule has 0 radical (unpaired) electrons. The smallest absolute Gasteiger partial charge is 0.253 e. The van der Waals surface area contributed by atoms with Crippen molar-refractivity contribution in [3.63, 3.8) is 0 Å². The van der Waals surface area contributed by atoms with Gasteiger partial charge in [0.25, 0.3) is 5.91 Å². The summed E-state index contributed by atoms with van der Waals surface area (Å²) in [5.41, 5.74) is 4.16. The number of amides is 1. The van der Waals surface area contributed by atoms with E-state index in [9.17, 15) is 4.79 Å². The molecular weight excluding hydrogens is 352 g/mol. The molecule has 1 amide bonds. The average molecular weight is 372 g/mol. The predicted octanol–water partition coefficient (Wildman–Crippen LogP) is 3.25. The van der Waals surface area contributed by atoms with Gasteiger partial charge in [-0.3, -0.25) is 4.79 Å². The van der Waals surface area contributed by atoms with E-state index >= 15 is 0 Å². The summed E-state index contributed by atoms with van der Waals surface area (Å²) in [6.45, 7) is 3.96. The molecule has 0 aliphatic carbocycles. The van der Waals surface area contributed by atoms with Crippen molar-refractivity contribution >= 4 is 5.91 Å². The lowest BCUT2D eigenvalue weighted by molar-refractivity contribution is 0.0939. The largest absolute Gasteiger partial charge is 0.345 e. The van der Waals surface area contributed by atoms with Crippen LogP contribution in [0.4, 0.5) is 0 Å². The van der Waals surface area contributed by atoms with E-state index in [1.807, 2.05) is 67.1 Å². The second-order valence-electron chi connectivity index (χ2n) is 6.49. The molecule has 0 bridgehead atoms. The molecule has 1 atom stereocenters. The Bertz CT molecular complexity index is 1090. The normalized spacial score (nSPS) is 11.9. The third-order valence-corrected chi connectivity index (χ3v) is 4.68. The average Bonchev–Trinajstić information content (AvgIpc) is 3.38. The van der Waals surface area contributed by atoms with Crippen molar-refractivity contribution in [2.45, 2.75) is 19.9 Å². The monoisotopic (exact) mass is 372 g/mol. The van der Waals surface area contributed by atoms with Crippen molar-refractivity contribution in [3.05, 3.63) is 90.3 Å². The zero-order valence-electron chi connectivity index (χ0n) is 15.6. The lowest BCUT2D eigenvalue weighted by Gasteiger charge is -2.16. The van der Waals surface area contributed by atoms with Gasteiger partial charge in [-0.2, -0.15) is 10.2 Å². The van der Waals surface area contributed by atoms with Gasteiger partial charge in [0.15, 0.2) is 0 Å². The molecule has 7 nitrogen and oxygen atoms in total. The lowest BCUT2D eigenvalue weighted by atomic mass is 10.1. The zero-order valence-corrected chi connectivity index (χ0v) is 15.6. The molecule has 4 aromatic rings. The minimum atomic E-state index is -0.200. The molecule has 0 aliphatic rings. The Hall–Kier alpha value is -3.74. The van der Waals surface area contributed by atoms with E-state index in [1.165, 1.54) is 6.33 Å². The molecule has 2 aromatic carbocycles. The first-order valence-electron chi connectivity index (χ1n) is 9.00. The van der Waals surface area contributed by atoms with E-state index in [0.29, 0.717) is 11.3 Å². The molecule has 4 rings (SSSR count). The number of hydrogen-bond acceptors (Lipinski definition) is 4. The van der Waals surface area contributed by atoms with Crippen molar-refractivity contribution < 1.29 is 4.79 Å². The Morgan fingerprint density at radius 3 is 2.54 bits per heavy atom. The minimum Gasteiger partial charge on any atom is -0.345 e. The van der Waals surface area contributed by atoms with Gasteiger partial charge in [0.1, 0.15) is 12.7 Å². The van der Waals surface area contributed by atoms with Crippen LogP contribution in [0.5, 0.6) is 0 Å². The first-order chi connectivity index (χ1) is 13.6. The quantitative estimate of drug-likeness (QED) is 0.583. The molecule has 0 saturated heterocycles. The number of nitrogens with zero attached hydrogens (tertiary/aromatic N) is 5. The molecule has 140 valence electrons. The van der Waals surface area contributed by atoms with Gasteiger partial charge in [0, 0.05) is 11.3 Å². The summed E-state index contributed by atoms with van der Waals surface area (Å²) in [6, 6.07) is 17.0. The second kappa shape index (κ2) is 7.48. The van der Waals surface area contributed by atoms with Gasteiger partial charge in [-0.1, -0.05) is 30.3 Å². The molecule has 1 N–H and O–H groups in total. The summed E-state index contributed by atoms with van der Waals surface area (Å²) < 4.78 is 3.46. The van der Waals surface area contributed by atoms with Crippen molar-refractivity contribution in [1.29, 1.82) is 0 Å². The number of aromatic nitrogens is 5. The van der Waals surface area contributed by atoms with Gasteiger partial charge in [-0.15, -0.1) is 0 Å². The van der Waals surface area contributed by atoms with Crippen LogP contribution in [0, 0.1) is 6.92 Å². The summed E-state index contributed by atoms with van der Waals surface area (Å²) in [5.74, 6) is -0.175. The maximum Gasteiger partial charge on any atom is 0.253 e. The molecule has 1 unspecified atom stereocenters. The van der Waals surface area contributed by atoms with E-state index in [0.717, 1.165) is 16.9 Å². The van der Waals surface area contributed by atoms with Crippen LogP contribution in [0.1, 0.15) is 34.6 Å². The number of rotatable bonds is 5. The minimum absolute atomic E-state index is 0.175. The third kappa shape index (κ3) is 3.29. The van der Waals surface area contributed by atoms with E-state index < -0.39 is 0 Å². The summed E-state index contributed by atoms with van der Waals surface area (Å²) in [7, 11) is 0. The molecule has 0 saturated carbocycles. The number of hydrogen-bond donors (Lipinski definition) is 1. The maximum absolute atomic E-state index is 12.9. The highest BCUT2D eigenvalue weighted by Crippen LogP contribution is 2.21. The van der Waals surface area contributed by atoms with E-state index in [1.54, 1.807) is 23.3 Å². The number of carbonyl (C=O) groups excluding carboxylic acids is 1. The predicted molar refractivity (Wildman–Crippen MR) is 106 cm³/mol. The van der Waals surface area contributed by atoms with Crippen LogP contribution < -0.4 is 5.32 Å². The summed E-state index contributed by atoms with van der Waals surface area (Å²) in [4.78, 5) is 16.9. The Kier molecular flexibility index (Phi) is 4.72. The number of carbonyl (C=O) groups is 1. The molecule has 0 fully saturated rings. The van der Waals surface area contributed by atoms with E-state index in [2.05, 4.69) is 20.5 Å². The SMILES string of the molecule is Cc1c(C(C)NC(=O)c2ccccc2-n2cncn2)cnn1-c1ccccc1. The Labute approximate surface area is 162 Å². The molecule has 2 aromatic heterocycles. The number of benzene rings is 2. The second-order valence-corrected chi connectivity index (χ2v) is 6.49. The highest BCUT2D eigenvalue weighted by molar-refractivity contribution is 5.97. The Morgan fingerprint density at radius 2 is 1.79 bits per heavy atom. The van der Waals surface area contributed by atoms with Gasteiger partial charge in [0.2, 0.25) is 0 Å². The van der Waals surface area contributed by atoms with Crippen molar-refractivity contribution in [1.82, 2.24) is 29.9 Å². The molecular formula is C21H20N6O. The van der Waals surface area contributed by atoms with Gasteiger partial charge < -0.3 is 5.32 Å². The fourth-order valence-corrected chi connectivity index (χ4v) is 3.23. The standard InChI is InChI=1S/C21H20N6O/c1-15(19-12-23-27(16(19)2)17-8-4-3-5-9-17)25-21(28)18-10-6-7-11-20(18)26-14-22-13-24-26/h3-15H,1-2H3,(H,25,28). The van der Waals surface area contributed by atoms with Crippen molar-refractivity contribution in [2.75, 3.05) is 0 Å². The Balaban J connectivity index is 1.58. The molecule has 28 heavy (non-hydrogen) atoms. The first-order valence-corrected chi connectivity index (χ1v) is 9.00. The van der Waals surface area contributed by atoms with Gasteiger partial charge in [-0.25, -0.2) is 14.3 Å². The Morgan fingerprint density at radius 1 is 1.04 bits per heavy atom. The van der Waals surface area contributed by atoms with Gasteiger partial charge in [0.05, 0.1) is 29.2 Å². The van der Waals surface area contributed by atoms with Crippen LogP contribution in [-0.4, -0.2) is 30.5 Å². The maximum atomic E-state index is 12.9. The van der Waals surface area contributed by atoms with Crippen LogP contribution in [-0.2, 0) is 0 Å². The highest BCUT2D eigenvalue weighted by atomic mass is 16.1. The zero-order chi connectivity index (χ0) is 19.5.